The van der Waals surface area contributed by atoms with Crippen molar-refractivity contribution in [3.05, 3.63) is 70.3 Å². The van der Waals surface area contributed by atoms with Crippen LogP contribution in [0, 0.1) is 0 Å². The van der Waals surface area contributed by atoms with Crippen LogP contribution in [0.4, 0.5) is 0 Å². The lowest BCUT2D eigenvalue weighted by molar-refractivity contribution is -0.936. The second kappa shape index (κ2) is 6.26. The molecule has 0 spiro atoms. The van der Waals surface area contributed by atoms with Crippen molar-refractivity contribution in [2.75, 3.05) is 19.6 Å². The first-order valence-electron chi connectivity index (χ1n) is 8.73. The van der Waals surface area contributed by atoms with Crippen molar-refractivity contribution < 1.29 is 4.48 Å². The molecule has 1 heteroatoms. The van der Waals surface area contributed by atoms with E-state index in [4.69, 9.17) is 0 Å². The number of quaternary nitrogens is 1. The Hall–Kier alpha value is -1.60. The lowest BCUT2D eigenvalue weighted by atomic mass is 9.83. The highest BCUT2D eigenvalue weighted by atomic mass is 15.3. The lowest BCUT2D eigenvalue weighted by Crippen LogP contribution is -2.46. The van der Waals surface area contributed by atoms with E-state index in [2.05, 4.69) is 63.2 Å². The van der Waals surface area contributed by atoms with Crippen LogP contribution in [0.5, 0.6) is 0 Å². The van der Waals surface area contributed by atoms with Crippen LogP contribution < -0.4 is 0 Å². The van der Waals surface area contributed by atoms with Crippen LogP contribution in [0.15, 0.2) is 42.5 Å². The first kappa shape index (κ1) is 15.3. The van der Waals surface area contributed by atoms with Gasteiger partial charge in [0, 0.05) is 5.56 Å². The Labute approximate surface area is 135 Å². The van der Waals surface area contributed by atoms with Crippen LogP contribution in [0.3, 0.4) is 0 Å². The molecule has 2 aromatic rings. The van der Waals surface area contributed by atoms with Crippen LogP contribution in [0.1, 0.15) is 48.6 Å². The Morgan fingerprint density at radius 3 is 1.95 bits per heavy atom. The highest BCUT2D eigenvalue weighted by molar-refractivity contribution is 5.48. The Kier molecular flexibility index (Phi) is 4.35. The Morgan fingerprint density at radius 2 is 1.32 bits per heavy atom. The maximum Gasteiger partial charge on any atom is 0.105 e. The van der Waals surface area contributed by atoms with Crippen molar-refractivity contribution in [1.29, 1.82) is 0 Å². The molecule has 0 N–H and O–H groups in total. The lowest BCUT2D eigenvalue weighted by Gasteiger charge is -2.37. The molecule has 0 aromatic heterocycles. The van der Waals surface area contributed by atoms with E-state index in [-0.39, 0.29) is 0 Å². The van der Waals surface area contributed by atoms with Crippen LogP contribution in [0.25, 0.3) is 0 Å². The molecule has 2 aromatic carbocycles. The van der Waals surface area contributed by atoms with Gasteiger partial charge in [-0.1, -0.05) is 42.5 Å². The summed E-state index contributed by atoms with van der Waals surface area (Å²) >= 11 is 0. The average molecular weight is 294 g/mol. The van der Waals surface area contributed by atoms with Crippen molar-refractivity contribution in [2.45, 2.75) is 40.2 Å². The zero-order valence-electron chi connectivity index (χ0n) is 14.2. The summed E-state index contributed by atoms with van der Waals surface area (Å²) in [7, 11) is 0. The molecule has 0 radical (unpaired) electrons. The van der Waals surface area contributed by atoms with E-state index in [1.165, 1.54) is 47.4 Å². The first-order valence-corrected chi connectivity index (χ1v) is 8.73. The van der Waals surface area contributed by atoms with Crippen molar-refractivity contribution >= 4 is 0 Å². The van der Waals surface area contributed by atoms with Gasteiger partial charge in [-0.25, -0.2) is 0 Å². The molecule has 0 fully saturated rings. The number of rotatable bonds is 5. The zero-order chi connectivity index (χ0) is 15.6. The van der Waals surface area contributed by atoms with Gasteiger partial charge in [0.2, 0.25) is 0 Å². The minimum Gasteiger partial charge on any atom is -0.321 e. The Bertz CT molecular complexity index is 644. The second-order valence-corrected chi connectivity index (χ2v) is 6.63. The molecule has 3 rings (SSSR count). The minimum absolute atomic E-state index is 1.10. The molecule has 1 nitrogen and oxygen atoms in total. The summed E-state index contributed by atoms with van der Waals surface area (Å²) in [6, 6.07) is 15.9. The quantitative estimate of drug-likeness (QED) is 0.605. The fourth-order valence-electron chi connectivity index (χ4n) is 3.89. The van der Waals surface area contributed by atoms with Gasteiger partial charge in [0.25, 0.3) is 0 Å². The van der Waals surface area contributed by atoms with Gasteiger partial charge in [-0.05, 0) is 55.9 Å². The van der Waals surface area contributed by atoms with E-state index in [9.17, 15) is 0 Å². The van der Waals surface area contributed by atoms with Gasteiger partial charge in [-0.2, -0.15) is 0 Å². The summed E-state index contributed by atoms with van der Waals surface area (Å²) in [5.74, 6) is 0. The van der Waals surface area contributed by atoms with Crippen LogP contribution in [-0.2, 0) is 19.4 Å². The topological polar surface area (TPSA) is 0 Å². The molecule has 0 heterocycles. The van der Waals surface area contributed by atoms with Gasteiger partial charge in [0.05, 0.1) is 19.6 Å². The number of nitrogens with zero attached hydrogens (tertiary/aromatic N) is 1. The molecule has 0 atom stereocenters. The van der Waals surface area contributed by atoms with Crippen molar-refractivity contribution in [3.8, 4) is 0 Å². The molecule has 0 unspecified atom stereocenters. The fourth-order valence-corrected chi connectivity index (χ4v) is 3.89. The van der Waals surface area contributed by atoms with Gasteiger partial charge in [0.1, 0.15) is 6.54 Å². The number of hydrogen-bond acceptors (Lipinski definition) is 0. The van der Waals surface area contributed by atoms with E-state index in [0.29, 0.717) is 0 Å². The SMILES string of the molecule is CC[N+](CC)(CC)Cc1cccc2c1Cc1ccccc1C2. The molecule has 1 aliphatic rings. The number of benzene rings is 2. The second-order valence-electron chi connectivity index (χ2n) is 6.63. The van der Waals surface area contributed by atoms with E-state index in [1.807, 2.05) is 0 Å². The smallest absolute Gasteiger partial charge is 0.105 e. The van der Waals surface area contributed by atoms with Gasteiger partial charge < -0.3 is 4.48 Å². The summed E-state index contributed by atoms with van der Waals surface area (Å²) in [4.78, 5) is 0. The summed E-state index contributed by atoms with van der Waals surface area (Å²) in [5.41, 5.74) is 7.73. The van der Waals surface area contributed by atoms with Crippen molar-refractivity contribution in [3.63, 3.8) is 0 Å². The minimum atomic E-state index is 1.10. The summed E-state index contributed by atoms with van der Waals surface area (Å²) in [5, 5.41) is 0. The van der Waals surface area contributed by atoms with Crippen LogP contribution >= 0.6 is 0 Å². The highest BCUT2D eigenvalue weighted by Crippen LogP contribution is 2.30. The van der Waals surface area contributed by atoms with Crippen molar-refractivity contribution in [2.24, 2.45) is 0 Å². The normalized spacial score (nSPS) is 13.6. The van der Waals surface area contributed by atoms with Gasteiger partial charge >= 0.3 is 0 Å². The predicted octanol–water partition coefficient (Wildman–Crippen LogP) is 4.56. The Morgan fingerprint density at radius 1 is 0.727 bits per heavy atom. The predicted molar refractivity (Wildman–Crippen MR) is 94.1 cm³/mol. The largest absolute Gasteiger partial charge is 0.321 e. The summed E-state index contributed by atoms with van der Waals surface area (Å²) in [6.45, 7) is 11.8. The molecule has 1 aliphatic carbocycles. The third-order valence-electron chi connectivity index (χ3n) is 5.75. The molecule has 0 amide bonds. The van der Waals surface area contributed by atoms with E-state index >= 15 is 0 Å². The summed E-state index contributed by atoms with van der Waals surface area (Å²) < 4.78 is 1.19. The fraction of sp³-hybridized carbons (Fsp3) is 0.429. The average Bonchev–Trinajstić information content (AvgIpc) is 2.58. The molecule has 0 saturated carbocycles. The van der Waals surface area contributed by atoms with E-state index in [1.54, 1.807) is 11.1 Å². The van der Waals surface area contributed by atoms with Gasteiger partial charge in [-0.15, -0.1) is 0 Å². The molecule has 0 aliphatic heterocycles. The first-order chi connectivity index (χ1) is 10.7. The zero-order valence-corrected chi connectivity index (χ0v) is 14.2. The van der Waals surface area contributed by atoms with Crippen LogP contribution in [-0.4, -0.2) is 24.1 Å². The van der Waals surface area contributed by atoms with Crippen LogP contribution in [0.2, 0.25) is 0 Å². The van der Waals surface area contributed by atoms with Crippen molar-refractivity contribution in [1.82, 2.24) is 0 Å². The van der Waals surface area contributed by atoms with Gasteiger partial charge in [0.15, 0.2) is 0 Å². The highest BCUT2D eigenvalue weighted by Gasteiger charge is 2.25. The molecule has 0 saturated heterocycles. The maximum absolute atomic E-state index is 2.36. The number of fused-ring (bicyclic) bond motifs is 2. The molecule has 0 bridgehead atoms. The van der Waals surface area contributed by atoms with E-state index in [0.717, 1.165) is 12.8 Å². The Balaban J connectivity index is 1.96. The molecular formula is C21H28N+. The monoisotopic (exact) mass is 294 g/mol. The molecule has 22 heavy (non-hydrogen) atoms. The third-order valence-corrected chi connectivity index (χ3v) is 5.75. The maximum atomic E-state index is 2.36. The van der Waals surface area contributed by atoms with Gasteiger partial charge in [-0.3, -0.25) is 0 Å². The van der Waals surface area contributed by atoms with E-state index < -0.39 is 0 Å². The summed E-state index contributed by atoms with van der Waals surface area (Å²) in [6.07, 6.45) is 2.21. The molecular weight excluding hydrogens is 266 g/mol. The standard InChI is InChI=1S/C21H28N/c1-4-22(5-2,6-3)16-20-13-9-12-19-14-17-10-7-8-11-18(17)15-21(19)20/h7-13H,4-6,14-16H2,1-3H3/q+1. The number of hydrogen-bond donors (Lipinski definition) is 0. The molecule has 116 valence electrons. The third kappa shape index (κ3) is 2.70.